The van der Waals surface area contributed by atoms with Gasteiger partial charge in [-0.3, -0.25) is 0 Å². The highest BCUT2D eigenvalue weighted by Gasteiger charge is 2.39. The van der Waals surface area contributed by atoms with E-state index < -0.39 is 0 Å². The van der Waals surface area contributed by atoms with Crippen LogP contribution in [0.4, 0.5) is 0 Å². The van der Waals surface area contributed by atoms with Crippen LogP contribution in [-0.2, 0) is 0 Å². The minimum Gasteiger partial charge on any atom is -0.300 e. The molecule has 2 rings (SSSR count). The molecule has 1 heteroatoms. The maximum Gasteiger partial charge on any atom is 0.00388 e. The lowest BCUT2D eigenvalue weighted by Gasteiger charge is -2.42. The molecular weight excluding hydrogens is 122 g/mol. The van der Waals surface area contributed by atoms with Crippen molar-refractivity contribution in [1.29, 1.82) is 0 Å². The Hall–Kier alpha value is -0.0400. The van der Waals surface area contributed by atoms with E-state index in [1.54, 1.807) is 0 Å². The van der Waals surface area contributed by atoms with Crippen molar-refractivity contribution in [2.24, 2.45) is 11.8 Å². The Morgan fingerprint density at radius 3 is 2.10 bits per heavy atom. The molecule has 0 aromatic rings. The third kappa shape index (κ3) is 1.07. The summed E-state index contributed by atoms with van der Waals surface area (Å²) in [6, 6.07) is 0.787. The van der Waals surface area contributed by atoms with Crippen LogP contribution >= 0.6 is 0 Å². The van der Waals surface area contributed by atoms with Crippen LogP contribution in [0.5, 0.6) is 0 Å². The van der Waals surface area contributed by atoms with Crippen molar-refractivity contribution in [3.63, 3.8) is 0 Å². The van der Waals surface area contributed by atoms with E-state index in [1.807, 2.05) is 0 Å². The summed E-state index contributed by atoms with van der Waals surface area (Å²) in [5, 5.41) is 0. The minimum atomic E-state index is 0.787. The maximum atomic E-state index is 2.57. The SMILES string of the molecule is CC(C)N1CC(C2CC2)C1. The number of hydrogen-bond acceptors (Lipinski definition) is 1. The van der Waals surface area contributed by atoms with Gasteiger partial charge in [-0.2, -0.15) is 0 Å². The van der Waals surface area contributed by atoms with E-state index in [9.17, 15) is 0 Å². The zero-order valence-corrected chi connectivity index (χ0v) is 7.01. The summed E-state index contributed by atoms with van der Waals surface area (Å²) in [6.07, 6.45) is 3.05. The topological polar surface area (TPSA) is 3.24 Å². The van der Waals surface area contributed by atoms with Crippen molar-refractivity contribution in [2.75, 3.05) is 13.1 Å². The summed E-state index contributed by atoms with van der Waals surface area (Å²) in [5.74, 6) is 2.22. The average molecular weight is 139 g/mol. The van der Waals surface area contributed by atoms with Gasteiger partial charge in [0.1, 0.15) is 0 Å². The van der Waals surface area contributed by atoms with Gasteiger partial charge in [0, 0.05) is 19.1 Å². The third-order valence-electron chi connectivity index (χ3n) is 2.96. The Balaban J connectivity index is 1.72. The third-order valence-corrected chi connectivity index (χ3v) is 2.96. The summed E-state index contributed by atoms with van der Waals surface area (Å²) < 4.78 is 0. The molecule has 0 unspecified atom stereocenters. The summed E-state index contributed by atoms with van der Waals surface area (Å²) >= 11 is 0. The second-order valence-corrected chi connectivity index (χ2v) is 4.15. The largest absolute Gasteiger partial charge is 0.300 e. The lowest BCUT2D eigenvalue weighted by atomic mass is 9.93. The summed E-state index contributed by atoms with van der Waals surface area (Å²) in [6.45, 7) is 7.37. The number of nitrogens with zero attached hydrogens (tertiary/aromatic N) is 1. The Labute approximate surface area is 63.4 Å². The first kappa shape index (κ1) is 6.66. The fourth-order valence-corrected chi connectivity index (χ4v) is 1.84. The molecule has 10 heavy (non-hydrogen) atoms. The molecule has 0 N–H and O–H groups in total. The first-order valence-electron chi connectivity index (χ1n) is 4.51. The van der Waals surface area contributed by atoms with Crippen LogP contribution in [-0.4, -0.2) is 24.0 Å². The molecule has 0 atom stereocenters. The van der Waals surface area contributed by atoms with Gasteiger partial charge in [0.25, 0.3) is 0 Å². The summed E-state index contributed by atoms with van der Waals surface area (Å²) in [5.41, 5.74) is 0. The van der Waals surface area contributed by atoms with Crippen molar-refractivity contribution in [3.05, 3.63) is 0 Å². The van der Waals surface area contributed by atoms with Crippen molar-refractivity contribution in [1.82, 2.24) is 4.90 Å². The monoisotopic (exact) mass is 139 g/mol. The lowest BCUT2D eigenvalue weighted by molar-refractivity contribution is 0.0550. The second kappa shape index (κ2) is 2.23. The molecule has 1 aliphatic heterocycles. The highest BCUT2D eigenvalue weighted by Crippen LogP contribution is 2.41. The van der Waals surface area contributed by atoms with Gasteiger partial charge in [-0.25, -0.2) is 0 Å². The fraction of sp³-hybridized carbons (Fsp3) is 1.00. The van der Waals surface area contributed by atoms with Crippen molar-refractivity contribution in [2.45, 2.75) is 32.7 Å². The molecule has 58 valence electrons. The molecule has 0 aromatic carbocycles. The van der Waals surface area contributed by atoms with E-state index in [-0.39, 0.29) is 0 Å². The summed E-state index contributed by atoms with van der Waals surface area (Å²) in [7, 11) is 0. The Bertz CT molecular complexity index is 115. The normalized spacial score (nSPS) is 29.1. The molecule has 0 amide bonds. The van der Waals surface area contributed by atoms with Gasteiger partial charge in [-0.15, -0.1) is 0 Å². The minimum absolute atomic E-state index is 0.787. The molecular formula is C9H17N. The molecule has 2 fully saturated rings. The predicted octanol–water partition coefficient (Wildman–Crippen LogP) is 1.74. The van der Waals surface area contributed by atoms with Gasteiger partial charge in [-0.05, 0) is 38.5 Å². The van der Waals surface area contributed by atoms with Gasteiger partial charge < -0.3 is 4.90 Å². The highest BCUT2D eigenvalue weighted by atomic mass is 15.2. The molecule has 0 radical (unpaired) electrons. The van der Waals surface area contributed by atoms with E-state index in [1.165, 1.54) is 25.9 Å². The van der Waals surface area contributed by atoms with Gasteiger partial charge in [0.05, 0.1) is 0 Å². The molecule has 1 aliphatic carbocycles. The fourth-order valence-electron chi connectivity index (χ4n) is 1.84. The maximum absolute atomic E-state index is 2.57. The molecule has 2 aliphatic rings. The zero-order chi connectivity index (χ0) is 7.14. The van der Waals surface area contributed by atoms with Crippen LogP contribution in [0.2, 0.25) is 0 Å². The van der Waals surface area contributed by atoms with Crippen LogP contribution in [0.15, 0.2) is 0 Å². The van der Waals surface area contributed by atoms with E-state index in [0.717, 1.165) is 17.9 Å². The zero-order valence-electron chi connectivity index (χ0n) is 7.01. The molecule has 1 saturated carbocycles. The first-order valence-corrected chi connectivity index (χ1v) is 4.51. The van der Waals surface area contributed by atoms with E-state index in [2.05, 4.69) is 18.7 Å². The molecule has 1 saturated heterocycles. The van der Waals surface area contributed by atoms with Gasteiger partial charge >= 0.3 is 0 Å². The molecule has 1 heterocycles. The van der Waals surface area contributed by atoms with E-state index >= 15 is 0 Å². The van der Waals surface area contributed by atoms with Gasteiger partial charge in [0.15, 0.2) is 0 Å². The van der Waals surface area contributed by atoms with Crippen molar-refractivity contribution in [3.8, 4) is 0 Å². The average Bonchev–Trinajstić information content (AvgIpc) is 2.42. The van der Waals surface area contributed by atoms with Crippen LogP contribution in [0.25, 0.3) is 0 Å². The molecule has 1 nitrogen and oxygen atoms in total. The van der Waals surface area contributed by atoms with Crippen LogP contribution in [0, 0.1) is 11.8 Å². The van der Waals surface area contributed by atoms with Crippen LogP contribution < -0.4 is 0 Å². The molecule has 0 bridgehead atoms. The van der Waals surface area contributed by atoms with Crippen molar-refractivity contribution >= 4 is 0 Å². The lowest BCUT2D eigenvalue weighted by Crippen LogP contribution is -2.50. The number of rotatable bonds is 2. The smallest absolute Gasteiger partial charge is 0.00388 e. The number of hydrogen-bond donors (Lipinski definition) is 0. The van der Waals surface area contributed by atoms with E-state index in [4.69, 9.17) is 0 Å². The summed E-state index contributed by atoms with van der Waals surface area (Å²) in [4.78, 5) is 2.57. The predicted molar refractivity (Wildman–Crippen MR) is 42.9 cm³/mol. The Morgan fingerprint density at radius 1 is 1.10 bits per heavy atom. The highest BCUT2D eigenvalue weighted by molar-refractivity contribution is 4.92. The Morgan fingerprint density at radius 2 is 1.70 bits per heavy atom. The van der Waals surface area contributed by atoms with Crippen LogP contribution in [0.1, 0.15) is 26.7 Å². The molecule has 0 aromatic heterocycles. The van der Waals surface area contributed by atoms with Crippen molar-refractivity contribution < 1.29 is 0 Å². The molecule has 0 spiro atoms. The quantitative estimate of drug-likeness (QED) is 0.563. The standard InChI is InChI=1S/C9H17N/c1-7(2)10-5-9(6-10)8-3-4-8/h7-9H,3-6H2,1-2H3. The van der Waals surface area contributed by atoms with Gasteiger partial charge in [-0.1, -0.05) is 0 Å². The first-order chi connectivity index (χ1) is 4.77. The van der Waals surface area contributed by atoms with Gasteiger partial charge in [0.2, 0.25) is 0 Å². The number of likely N-dealkylation sites (tertiary alicyclic amines) is 1. The van der Waals surface area contributed by atoms with E-state index in [0.29, 0.717) is 0 Å². The second-order valence-electron chi connectivity index (χ2n) is 4.15. The van der Waals surface area contributed by atoms with Crippen LogP contribution in [0.3, 0.4) is 0 Å². The Kier molecular flexibility index (Phi) is 1.48.